The number of hydrogen-bond donors (Lipinski definition) is 2. The molecule has 0 saturated heterocycles. The number of phenols is 2. The number of rotatable bonds is 13. The van der Waals surface area contributed by atoms with Crippen LogP contribution < -0.4 is 9.47 Å². The molecule has 0 saturated carbocycles. The Balaban J connectivity index is 1.19. The SMILES string of the molecule is CC(C)(C)CC(C)(C)c1cc(-n2c3ccc(C(C)(C)C)cc3c3cc(C(C)(C)C)ccc32)c(O)c(-c2cccc(F)c2)c1OCCOc1c(C(C)(C)CC(C)(C)C)cc(-n2c3ccc(C(C)(C)C)cc3c3cc(C(C)(C)C)ccc32)c(O)c1-c1cccc(F)c1. The van der Waals surface area contributed by atoms with Crippen molar-refractivity contribution in [2.24, 2.45) is 10.8 Å². The molecule has 90 heavy (non-hydrogen) atoms. The zero-order chi connectivity index (χ0) is 66.0. The number of ether oxygens (including phenoxy) is 2. The van der Waals surface area contributed by atoms with Crippen LogP contribution in [0.15, 0.2) is 133 Å². The molecule has 0 aliphatic heterocycles. The largest absolute Gasteiger partial charge is 0.505 e. The first kappa shape index (κ1) is 65.4. The highest BCUT2D eigenvalue weighted by atomic mass is 19.1. The number of halogens is 2. The zero-order valence-corrected chi connectivity index (χ0v) is 57.9. The molecule has 0 unspecified atom stereocenters. The van der Waals surface area contributed by atoms with Crippen LogP contribution in [0.4, 0.5) is 8.78 Å². The molecule has 0 aliphatic rings. The van der Waals surface area contributed by atoms with Crippen LogP contribution in [-0.2, 0) is 32.5 Å². The lowest BCUT2D eigenvalue weighted by molar-refractivity contribution is 0.205. The summed E-state index contributed by atoms with van der Waals surface area (Å²) in [6.45, 7) is 48.9. The van der Waals surface area contributed by atoms with Gasteiger partial charge in [0.1, 0.15) is 36.3 Å². The van der Waals surface area contributed by atoms with Crippen LogP contribution in [-0.4, -0.2) is 32.6 Å². The molecule has 0 atom stereocenters. The number of hydrogen-bond acceptors (Lipinski definition) is 4. The normalized spacial score (nSPS) is 13.4. The molecule has 8 aromatic carbocycles. The Morgan fingerprint density at radius 1 is 0.356 bits per heavy atom. The first-order valence-electron chi connectivity index (χ1n) is 32.3. The smallest absolute Gasteiger partial charge is 0.151 e. The second kappa shape index (κ2) is 22.7. The first-order chi connectivity index (χ1) is 41.5. The topological polar surface area (TPSA) is 68.8 Å². The summed E-state index contributed by atoms with van der Waals surface area (Å²) in [7, 11) is 0. The van der Waals surface area contributed by atoms with Crippen LogP contribution in [0.3, 0.4) is 0 Å². The van der Waals surface area contributed by atoms with Crippen molar-refractivity contribution in [2.45, 2.75) is 198 Å². The third-order valence-electron chi connectivity index (χ3n) is 18.1. The van der Waals surface area contributed by atoms with Crippen LogP contribution >= 0.6 is 0 Å². The molecular weight excluding hydrogens is 1110 g/mol. The van der Waals surface area contributed by atoms with Gasteiger partial charge in [-0.1, -0.05) is 201 Å². The Labute approximate surface area is 535 Å². The summed E-state index contributed by atoms with van der Waals surface area (Å²) in [6, 6.07) is 43.5. The van der Waals surface area contributed by atoms with Gasteiger partial charge in [0.05, 0.1) is 44.6 Å². The lowest BCUT2D eigenvalue weighted by Gasteiger charge is -2.36. The van der Waals surface area contributed by atoms with Gasteiger partial charge in [-0.25, -0.2) is 8.78 Å². The fraction of sp³-hybridized carbons (Fsp3) is 0.415. The standard InChI is InChI=1S/C82H98F2N2O4/c1-75(2,3)47-81(19,20)61-45-67(85-63-33-29-51(77(7,8)9)41-57(63)58-42-52(78(10,11)12)30-34-64(58)85)71(87)69(49-25-23-27-55(83)39-49)73(61)89-37-38-90-74-62(82(21,22)48-76(4,5)6)46-68(72(88)70(74)50-26-24-28-56(84)40-50)86-65-35-31-53(79(13,14)15)43-59(65)60-44-54(80(16,17)18)32-36-66(60)86/h23-36,39-46,87-88H,37-38,47-48H2,1-22H3. The number of aromatic nitrogens is 2. The molecule has 0 aliphatic carbocycles. The molecule has 10 aromatic rings. The Morgan fingerprint density at radius 2 is 0.633 bits per heavy atom. The van der Waals surface area contributed by atoms with Gasteiger partial charge in [0.2, 0.25) is 0 Å². The maximum absolute atomic E-state index is 15.9. The van der Waals surface area contributed by atoms with Gasteiger partial charge in [0.25, 0.3) is 0 Å². The van der Waals surface area contributed by atoms with Crippen LogP contribution in [0.5, 0.6) is 23.0 Å². The highest BCUT2D eigenvalue weighted by Crippen LogP contribution is 2.55. The maximum Gasteiger partial charge on any atom is 0.151 e. The average molecular weight is 1210 g/mol. The summed E-state index contributed by atoms with van der Waals surface area (Å²) in [4.78, 5) is 0. The lowest BCUT2D eigenvalue weighted by Crippen LogP contribution is -2.27. The van der Waals surface area contributed by atoms with Crippen molar-refractivity contribution in [3.8, 4) is 56.6 Å². The summed E-state index contributed by atoms with van der Waals surface area (Å²) in [5.41, 5.74) is 11.0. The third-order valence-corrected chi connectivity index (χ3v) is 18.1. The number of fused-ring (bicyclic) bond motifs is 6. The van der Waals surface area contributed by atoms with Crippen LogP contribution in [0.25, 0.3) is 77.2 Å². The Hall–Kier alpha value is -7.58. The third kappa shape index (κ3) is 12.8. The van der Waals surface area contributed by atoms with Crippen molar-refractivity contribution in [2.75, 3.05) is 13.2 Å². The first-order valence-corrected chi connectivity index (χ1v) is 32.3. The minimum Gasteiger partial charge on any atom is -0.505 e. The van der Waals surface area contributed by atoms with Crippen molar-refractivity contribution in [3.63, 3.8) is 0 Å². The van der Waals surface area contributed by atoms with Gasteiger partial charge in [-0.15, -0.1) is 0 Å². The molecule has 2 N–H and O–H groups in total. The van der Waals surface area contributed by atoms with E-state index in [1.165, 1.54) is 46.5 Å². The van der Waals surface area contributed by atoms with E-state index >= 15 is 8.78 Å². The molecular formula is C82H98F2N2O4. The van der Waals surface area contributed by atoms with E-state index in [0.29, 0.717) is 45.1 Å². The van der Waals surface area contributed by atoms with E-state index in [1.54, 1.807) is 12.1 Å². The van der Waals surface area contributed by atoms with E-state index < -0.39 is 22.5 Å². The Kier molecular flexibility index (Phi) is 16.5. The van der Waals surface area contributed by atoms with Gasteiger partial charge in [0.15, 0.2) is 11.5 Å². The predicted octanol–water partition coefficient (Wildman–Crippen LogP) is 23.0. The molecule has 0 amide bonds. The fourth-order valence-electron chi connectivity index (χ4n) is 14.3. The molecule has 6 nitrogen and oxygen atoms in total. The zero-order valence-electron chi connectivity index (χ0n) is 57.9. The molecule has 2 heterocycles. The van der Waals surface area contributed by atoms with Crippen LogP contribution in [0, 0.1) is 22.5 Å². The van der Waals surface area contributed by atoms with Gasteiger partial charge in [-0.2, -0.15) is 0 Å². The van der Waals surface area contributed by atoms with Crippen molar-refractivity contribution in [1.29, 1.82) is 0 Å². The van der Waals surface area contributed by atoms with E-state index in [0.717, 1.165) is 67.6 Å². The monoisotopic (exact) mass is 1210 g/mol. The van der Waals surface area contributed by atoms with Crippen molar-refractivity contribution in [3.05, 3.63) is 178 Å². The molecule has 474 valence electrons. The summed E-state index contributed by atoms with van der Waals surface area (Å²) in [5, 5.41) is 31.1. The van der Waals surface area contributed by atoms with Gasteiger partial charge in [-0.05, 0) is 174 Å². The van der Waals surface area contributed by atoms with Crippen molar-refractivity contribution >= 4 is 43.6 Å². The van der Waals surface area contributed by atoms with Crippen LogP contribution in [0.1, 0.15) is 199 Å². The van der Waals surface area contributed by atoms with E-state index in [-0.39, 0.29) is 57.2 Å². The molecule has 0 bridgehead atoms. The quantitative estimate of drug-likeness (QED) is 0.113. The minimum atomic E-state index is -0.581. The molecule has 2 aromatic heterocycles. The van der Waals surface area contributed by atoms with Crippen molar-refractivity contribution in [1.82, 2.24) is 9.13 Å². The maximum atomic E-state index is 15.9. The highest BCUT2D eigenvalue weighted by Gasteiger charge is 2.38. The Morgan fingerprint density at radius 3 is 0.878 bits per heavy atom. The average Bonchev–Trinajstić information content (AvgIpc) is 1.48. The summed E-state index contributed by atoms with van der Waals surface area (Å²) < 4.78 is 50.6. The number of nitrogens with zero attached hydrogens (tertiary/aromatic N) is 2. The van der Waals surface area contributed by atoms with Gasteiger partial charge < -0.3 is 28.8 Å². The molecule has 8 heteroatoms. The molecule has 0 radical (unpaired) electrons. The minimum absolute atomic E-state index is 0.0242. The number of phenolic OH excluding ortho intramolecular Hbond substituents is 2. The van der Waals surface area contributed by atoms with E-state index in [1.807, 2.05) is 12.1 Å². The Bertz CT molecular complexity index is 3990. The lowest BCUT2D eigenvalue weighted by atomic mass is 9.71. The molecule has 10 rings (SSSR count). The molecule has 0 spiro atoms. The summed E-state index contributed by atoms with van der Waals surface area (Å²) in [6.07, 6.45) is 1.46. The second-order valence-electron chi connectivity index (χ2n) is 33.6. The fourth-order valence-corrected chi connectivity index (χ4v) is 14.3. The van der Waals surface area contributed by atoms with Crippen molar-refractivity contribution < 1.29 is 28.5 Å². The van der Waals surface area contributed by atoms with E-state index in [2.05, 4.69) is 246 Å². The van der Waals surface area contributed by atoms with E-state index in [4.69, 9.17) is 9.47 Å². The highest BCUT2D eigenvalue weighted by molar-refractivity contribution is 6.11. The summed E-state index contributed by atoms with van der Waals surface area (Å²) in [5.74, 6) is -0.185. The predicted molar refractivity (Wildman–Crippen MR) is 376 cm³/mol. The van der Waals surface area contributed by atoms with Crippen LogP contribution in [0.2, 0.25) is 0 Å². The van der Waals surface area contributed by atoms with Gasteiger partial charge >= 0.3 is 0 Å². The number of benzene rings is 8. The second-order valence-corrected chi connectivity index (χ2v) is 33.6. The molecule has 0 fully saturated rings. The number of aromatic hydroxyl groups is 2. The van der Waals surface area contributed by atoms with Gasteiger partial charge in [0, 0.05) is 32.7 Å². The van der Waals surface area contributed by atoms with E-state index in [9.17, 15) is 10.2 Å². The summed E-state index contributed by atoms with van der Waals surface area (Å²) >= 11 is 0. The van der Waals surface area contributed by atoms with Gasteiger partial charge in [-0.3, -0.25) is 0 Å².